The van der Waals surface area contributed by atoms with E-state index in [1.54, 1.807) is 18.2 Å². The maximum absolute atomic E-state index is 12.1. The van der Waals surface area contributed by atoms with Crippen molar-refractivity contribution in [1.29, 1.82) is 0 Å². The lowest BCUT2D eigenvalue weighted by molar-refractivity contribution is -0.131. The molecule has 0 aliphatic heterocycles. The summed E-state index contributed by atoms with van der Waals surface area (Å²) in [4.78, 5) is 26.5. The van der Waals surface area contributed by atoms with Gasteiger partial charge in [-0.05, 0) is 47.5 Å². The van der Waals surface area contributed by atoms with Gasteiger partial charge in [-0.15, -0.1) is 0 Å². The number of Topliss-reactive ketones (excluding diaryl/α,β-unsaturated/α-hetero) is 1. The minimum Gasteiger partial charge on any atom is -0.475 e. The van der Waals surface area contributed by atoms with E-state index in [0.717, 1.165) is 27.7 Å². The third-order valence-electron chi connectivity index (χ3n) is 4.40. The minimum absolute atomic E-state index is 0.122. The number of anilines is 2. The molecule has 27 heavy (non-hydrogen) atoms. The van der Waals surface area contributed by atoms with Gasteiger partial charge in [0.2, 0.25) is 0 Å². The largest absolute Gasteiger partial charge is 0.475 e. The first kappa shape index (κ1) is 16.6. The number of aliphatic carboxylic acids is 1. The molecule has 1 aromatic heterocycles. The summed E-state index contributed by atoms with van der Waals surface area (Å²) in [5, 5.41) is 13.4. The van der Waals surface area contributed by atoms with Crippen molar-refractivity contribution in [3.8, 4) is 11.1 Å². The van der Waals surface area contributed by atoms with Crippen molar-refractivity contribution in [2.75, 3.05) is 5.32 Å². The molecular weight excluding hydrogens is 340 g/mol. The lowest BCUT2D eigenvalue weighted by Crippen LogP contribution is -2.14. The minimum atomic E-state index is -1.48. The first-order valence-corrected chi connectivity index (χ1v) is 8.43. The van der Waals surface area contributed by atoms with Crippen LogP contribution < -0.4 is 5.32 Å². The monoisotopic (exact) mass is 356 g/mol. The summed E-state index contributed by atoms with van der Waals surface area (Å²) in [5.74, 6) is -2.42. The first-order chi connectivity index (χ1) is 13.1. The van der Waals surface area contributed by atoms with E-state index in [1.807, 2.05) is 60.8 Å². The molecule has 0 bridgehead atoms. The van der Waals surface area contributed by atoms with Crippen LogP contribution in [0.3, 0.4) is 0 Å². The topological polar surface area (TPSA) is 82.2 Å². The molecule has 0 spiro atoms. The number of aromatic nitrogens is 1. The van der Waals surface area contributed by atoms with Crippen LogP contribution in [0.1, 0.15) is 10.4 Å². The lowest BCUT2D eigenvalue weighted by Gasteiger charge is -2.13. The second-order valence-electron chi connectivity index (χ2n) is 6.17. The van der Waals surface area contributed by atoms with Gasteiger partial charge in [0.1, 0.15) is 0 Å². The molecule has 4 aromatic rings. The molecule has 0 amide bonds. The highest BCUT2D eigenvalue weighted by Crippen LogP contribution is 2.29. The molecule has 0 aliphatic rings. The predicted octanol–water partition coefficient (Wildman–Crippen LogP) is 4.85. The average molecular weight is 356 g/mol. The highest BCUT2D eigenvalue weighted by Gasteiger charge is 2.19. The van der Waals surface area contributed by atoms with Crippen LogP contribution in [0, 0.1) is 0 Å². The molecule has 0 saturated carbocycles. The Bertz CT molecular complexity index is 1150. The number of carbonyl (C=O) groups is 2. The van der Waals surface area contributed by atoms with Crippen molar-refractivity contribution < 1.29 is 14.7 Å². The summed E-state index contributed by atoms with van der Waals surface area (Å²) in [5.41, 5.74) is 4.22. The van der Waals surface area contributed by atoms with Gasteiger partial charge >= 0.3 is 5.97 Å². The fourth-order valence-electron chi connectivity index (χ4n) is 3.06. The fourth-order valence-corrected chi connectivity index (χ4v) is 3.06. The SMILES string of the molecule is O=C(O)C(=O)c1ccc(-c2ccccc2)cc1Nc1ccc2[nH]ccc2c1. The van der Waals surface area contributed by atoms with Gasteiger partial charge in [0.25, 0.3) is 5.78 Å². The molecule has 0 aliphatic carbocycles. The molecule has 5 nitrogen and oxygen atoms in total. The Morgan fingerprint density at radius 1 is 0.852 bits per heavy atom. The van der Waals surface area contributed by atoms with E-state index in [1.165, 1.54) is 0 Å². The van der Waals surface area contributed by atoms with Gasteiger partial charge in [-0.2, -0.15) is 0 Å². The average Bonchev–Trinajstić information content (AvgIpc) is 3.16. The molecule has 5 heteroatoms. The molecule has 132 valence electrons. The van der Waals surface area contributed by atoms with Crippen molar-refractivity contribution in [3.63, 3.8) is 0 Å². The number of benzene rings is 3. The number of hydrogen-bond donors (Lipinski definition) is 3. The number of rotatable bonds is 5. The van der Waals surface area contributed by atoms with Crippen LogP contribution in [0.4, 0.5) is 11.4 Å². The molecule has 3 aromatic carbocycles. The first-order valence-electron chi connectivity index (χ1n) is 8.43. The van der Waals surface area contributed by atoms with E-state index in [9.17, 15) is 9.59 Å². The predicted molar refractivity (Wildman–Crippen MR) is 105 cm³/mol. The molecule has 1 heterocycles. The molecule has 0 saturated heterocycles. The standard InChI is InChI=1S/C22H16N2O3/c25-21(22(26)27)18-8-6-15(14-4-2-1-3-5-14)13-20(18)24-17-7-9-19-16(12-17)10-11-23-19/h1-13,23-24H,(H,26,27). The van der Waals surface area contributed by atoms with Crippen molar-refractivity contribution in [1.82, 2.24) is 4.98 Å². The molecule has 3 N–H and O–H groups in total. The fraction of sp³-hybridized carbons (Fsp3) is 0. The Morgan fingerprint density at radius 2 is 1.67 bits per heavy atom. The van der Waals surface area contributed by atoms with Gasteiger partial charge in [0.15, 0.2) is 0 Å². The quantitative estimate of drug-likeness (QED) is 0.353. The summed E-state index contributed by atoms with van der Waals surface area (Å²) in [7, 11) is 0. The van der Waals surface area contributed by atoms with Crippen molar-refractivity contribution in [3.05, 3.63) is 84.6 Å². The van der Waals surface area contributed by atoms with Crippen molar-refractivity contribution in [2.24, 2.45) is 0 Å². The zero-order valence-corrected chi connectivity index (χ0v) is 14.3. The number of H-pyrrole nitrogens is 1. The third kappa shape index (κ3) is 3.30. The van der Waals surface area contributed by atoms with Gasteiger partial charge in [-0.3, -0.25) is 4.79 Å². The Balaban J connectivity index is 1.79. The smallest absolute Gasteiger partial charge is 0.377 e. The Kier molecular flexibility index (Phi) is 4.18. The number of hydrogen-bond acceptors (Lipinski definition) is 3. The summed E-state index contributed by atoms with van der Waals surface area (Å²) in [6.45, 7) is 0. The molecule has 0 radical (unpaired) electrons. The van der Waals surface area contributed by atoms with Gasteiger partial charge in [0, 0.05) is 22.8 Å². The van der Waals surface area contributed by atoms with E-state index in [4.69, 9.17) is 5.11 Å². The van der Waals surface area contributed by atoms with Crippen LogP contribution in [0.5, 0.6) is 0 Å². The molecule has 4 rings (SSSR count). The summed E-state index contributed by atoms with van der Waals surface area (Å²) >= 11 is 0. The maximum atomic E-state index is 12.1. The van der Waals surface area contributed by atoms with E-state index in [-0.39, 0.29) is 5.56 Å². The summed E-state index contributed by atoms with van der Waals surface area (Å²) in [6, 6.07) is 22.5. The van der Waals surface area contributed by atoms with E-state index in [2.05, 4.69) is 10.3 Å². The highest BCUT2D eigenvalue weighted by atomic mass is 16.4. The van der Waals surface area contributed by atoms with Crippen LogP contribution in [0.15, 0.2) is 79.0 Å². The van der Waals surface area contributed by atoms with E-state index >= 15 is 0 Å². The Morgan fingerprint density at radius 3 is 2.44 bits per heavy atom. The van der Waals surface area contributed by atoms with Gasteiger partial charge in [-0.1, -0.05) is 36.4 Å². The molecule has 0 atom stereocenters. The number of carbonyl (C=O) groups excluding carboxylic acids is 1. The Labute approximate surface area is 155 Å². The number of fused-ring (bicyclic) bond motifs is 1. The second kappa shape index (κ2) is 6.80. The van der Waals surface area contributed by atoms with Crippen molar-refractivity contribution >= 4 is 34.0 Å². The molecular formula is C22H16N2O3. The summed E-state index contributed by atoms with van der Waals surface area (Å²) < 4.78 is 0. The van der Waals surface area contributed by atoms with Crippen molar-refractivity contribution in [2.45, 2.75) is 0 Å². The maximum Gasteiger partial charge on any atom is 0.377 e. The van der Waals surface area contributed by atoms with E-state index in [0.29, 0.717) is 5.69 Å². The van der Waals surface area contributed by atoms with Crippen LogP contribution >= 0.6 is 0 Å². The van der Waals surface area contributed by atoms with Gasteiger partial charge < -0.3 is 15.4 Å². The number of aromatic amines is 1. The molecule has 0 unspecified atom stereocenters. The summed E-state index contributed by atoms with van der Waals surface area (Å²) in [6.07, 6.45) is 1.85. The number of ketones is 1. The third-order valence-corrected chi connectivity index (χ3v) is 4.40. The van der Waals surface area contributed by atoms with E-state index < -0.39 is 11.8 Å². The van der Waals surface area contributed by atoms with Crippen LogP contribution in [0.25, 0.3) is 22.0 Å². The number of nitrogens with one attached hydrogen (secondary N) is 2. The molecule has 0 fully saturated rings. The van der Waals surface area contributed by atoms with Crippen LogP contribution in [-0.2, 0) is 4.79 Å². The number of carboxylic acid groups (broad SMARTS) is 1. The normalized spacial score (nSPS) is 10.7. The van der Waals surface area contributed by atoms with Gasteiger partial charge in [-0.25, -0.2) is 4.79 Å². The zero-order chi connectivity index (χ0) is 18.8. The Hall–Kier alpha value is -3.86. The van der Waals surface area contributed by atoms with Crippen LogP contribution in [-0.4, -0.2) is 21.8 Å². The number of carboxylic acids is 1. The van der Waals surface area contributed by atoms with Crippen LogP contribution in [0.2, 0.25) is 0 Å². The zero-order valence-electron chi connectivity index (χ0n) is 14.3. The second-order valence-corrected chi connectivity index (χ2v) is 6.17. The highest BCUT2D eigenvalue weighted by molar-refractivity contribution is 6.41. The lowest BCUT2D eigenvalue weighted by atomic mass is 10.00. The van der Waals surface area contributed by atoms with Gasteiger partial charge in [0.05, 0.1) is 11.3 Å².